The fourth-order valence-electron chi connectivity index (χ4n) is 3.00. The first-order valence-electron chi connectivity index (χ1n) is 8.29. The van der Waals surface area contributed by atoms with Crippen LogP contribution in [0.3, 0.4) is 0 Å². The van der Waals surface area contributed by atoms with Gasteiger partial charge in [-0.05, 0) is 42.0 Å². The highest BCUT2D eigenvalue weighted by molar-refractivity contribution is 5.42. The van der Waals surface area contributed by atoms with Crippen molar-refractivity contribution in [3.05, 3.63) is 65.2 Å². The Kier molecular flexibility index (Phi) is 6.47. The van der Waals surface area contributed by atoms with Gasteiger partial charge in [0.2, 0.25) is 0 Å². The van der Waals surface area contributed by atoms with Crippen molar-refractivity contribution in [2.75, 3.05) is 7.11 Å². The highest BCUT2D eigenvalue weighted by atomic mass is 16.5. The fourth-order valence-corrected chi connectivity index (χ4v) is 3.00. The van der Waals surface area contributed by atoms with Crippen LogP contribution in [-0.2, 0) is 19.4 Å². The van der Waals surface area contributed by atoms with E-state index in [1.165, 1.54) is 23.1 Å². The third-order valence-electron chi connectivity index (χ3n) is 4.10. The normalized spacial score (nSPS) is 16.2. The summed E-state index contributed by atoms with van der Waals surface area (Å²) in [7, 11) is 1.76. The van der Waals surface area contributed by atoms with Gasteiger partial charge in [0.15, 0.2) is 0 Å². The van der Waals surface area contributed by atoms with E-state index >= 15 is 0 Å². The minimum Gasteiger partial charge on any atom is -0.496 e. The molecule has 1 unspecified atom stereocenters. The van der Waals surface area contributed by atoms with Gasteiger partial charge in [-0.3, -0.25) is 0 Å². The Bertz CT molecular complexity index is 565. The smallest absolute Gasteiger partial charge is 0.122 e. The van der Waals surface area contributed by atoms with E-state index in [-0.39, 0.29) is 0 Å². The van der Waals surface area contributed by atoms with E-state index in [4.69, 9.17) is 4.74 Å². The van der Waals surface area contributed by atoms with Crippen LogP contribution in [-0.4, -0.2) is 13.2 Å². The molecule has 0 fully saturated rings. The second-order valence-electron chi connectivity index (χ2n) is 5.40. The molecular formula is C20H27NO. The van der Waals surface area contributed by atoms with Crippen molar-refractivity contribution in [1.82, 2.24) is 5.32 Å². The summed E-state index contributed by atoms with van der Waals surface area (Å²) in [6.45, 7) is 4.95. The first-order chi connectivity index (χ1) is 10.9. The number of methoxy groups -OCH3 is 1. The van der Waals surface area contributed by atoms with Gasteiger partial charge in [-0.1, -0.05) is 56.3 Å². The summed E-state index contributed by atoms with van der Waals surface area (Å²) in [5.41, 5.74) is 4.18. The van der Waals surface area contributed by atoms with Gasteiger partial charge >= 0.3 is 0 Å². The Labute approximate surface area is 134 Å². The van der Waals surface area contributed by atoms with Crippen LogP contribution in [0, 0.1) is 0 Å². The SMILES string of the molecule is CC.COc1cccc2c1CCC(NCc1ccccc1)C2. The zero-order valence-electron chi connectivity index (χ0n) is 13.9. The summed E-state index contributed by atoms with van der Waals surface area (Å²) in [5, 5.41) is 3.68. The van der Waals surface area contributed by atoms with Gasteiger partial charge in [0.1, 0.15) is 5.75 Å². The van der Waals surface area contributed by atoms with Crippen LogP contribution in [0.15, 0.2) is 48.5 Å². The van der Waals surface area contributed by atoms with Crippen molar-refractivity contribution in [2.45, 2.75) is 45.7 Å². The van der Waals surface area contributed by atoms with Crippen LogP contribution in [0.5, 0.6) is 5.75 Å². The molecule has 0 amide bonds. The molecule has 0 bridgehead atoms. The van der Waals surface area contributed by atoms with Gasteiger partial charge < -0.3 is 10.1 Å². The van der Waals surface area contributed by atoms with E-state index in [0.29, 0.717) is 6.04 Å². The van der Waals surface area contributed by atoms with E-state index in [0.717, 1.165) is 25.1 Å². The molecule has 118 valence electrons. The van der Waals surface area contributed by atoms with Crippen LogP contribution in [0.1, 0.15) is 37.0 Å². The molecule has 0 aromatic heterocycles. The molecular weight excluding hydrogens is 270 g/mol. The van der Waals surface area contributed by atoms with E-state index in [1.54, 1.807) is 7.11 Å². The minimum atomic E-state index is 0.565. The summed E-state index contributed by atoms with van der Waals surface area (Å²) >= 11 is 0. The summed E-state index contributed by atoms with van der Waals surface area (Å²) < 4.78 is 5.46. The van der Waals surface area contributed by atoms with Crippen LogP contribution >= 0.6 is 0 Å². The number of benzene rings is 2. The second-order valence-corrected chi connectivity index (χ2v) is 5.40. The maximum atomic E-state index is 5.46. The van der Waals surface area contributed by atoms with E-state index in [1.807, 2.05) is 13.8 Å². The fraction of sp³-hybridized carbons (Fsp3) is 0.400. The number of ether oxygens (including phenoxy) is 1. The maximum Gasteiger partial charge on any atom is 0.122 e. The molecule has 2 aromatic rings. The van der Waals surface area contributed by atoms with Crippen LogP contribution in [0.4, 0.5) is 0 Å². The molecule has 1 aliphatic rings. The Balaban J connectivity index is 0.000000847. The number of fused-ring (bicyclic) bond motifs is 1. The molecule has 1 aliphatic carbocycles. The third-order valence-corrected chi connectivity index (χ3v) is 4.10. The van der Waals surface area contributed by atoms with Crippen LogP contribution in [0.2, 0.25) is 0 Å². The van der Waals surface area contributed by atoms with Crippen molar-refractivity contribution in [2.24, 2.45) is 0 Å². The number of rotatable bonds is 4. The Hall–Kier alpha value is -1.80. The lowest BCUT2D eigenvalue weighted by Crippen LogP contribution is -2.34. The zero-order chi connectivity index (χ0) is 15.8. The standard InChI is InChI=1S/C18H21NO.C2H6/c1-20-18-9-5-8-15-12-16(10-11-17(15)18)19-13-14-6-3-2-4-7-14;1-2/h2-9,16,19H,10-13H2,1H3;1-2H3. The zero-order valence-corrected chi connectivity index (χ0v) is 13.9. The van der Waals surface area contributed by atoms with E-state index in [9.17, 15) is 0 Å². The van der Waals surface area contributed by atoms with Gasteiger partial charge in [-0.25, -0.2) is 0 Å². The summed E-state index contributed by atoms with van der Waals surface area (Å²) in [6, 6.07) is 17.6. The molecule has 3 rings (SSSR count). The molecule has 0 saturated carbocycles. The number of nitrogens with one attached hydrogen (secondary N) is 1. The number of hydrogen-bond acceptors (Lipinski definition) is 2. The Morgan fingerprint density at radius 3 is 2.55 bits per heavy atom. The topological polar surface area (TPSA) is 21.3 Å². The van der Waals surface area contributed by atoms with Gasteiger partial charge in [0.05, 0.1) is 7.11 Å². The lowest BCUT2D eigenvalue weighted by molar-refractivity contribution is 0.397. The van der Waals surface area contributed by atoms with Gasteiger partial charge in [-0.15, -0.1) is 0 Å². The maximum absolute atomic E-state index is 5.46. The molecule has 22 heavy (non-hydrogen) atoms. The molecule has 2 heteroatoms. The average molecular weight is 297 g/mol. The van der Waals surface area contributed by atoms with Crippen molar-refractivity contribution < 1.29 is 4.74 Å². The number of hydrogen-bond donors (Lipinski definition) is 1. The molecule has 0 spiro atoms. The second kappa shape index (κ2) is 8.60. The van der Waals surface area contributed by atoms with Gasteiger partial charge in [-0.2, -0.15) is 0 Å². The predicted octanol–water partition coefficient (Wildman–Crippen LogP) is 4.37. The van der Waals surface area contributed by atoms with Crippen molar-refractivity contribution in [1.29, 1.82) is 0 Å². The van der Waals surface area contributed by atoms with Gasteiger partial charge in [0.25, 0.3) is 0 Å². The molecule has 2 aromatic carbocycles. The molecule has 0 saturated heterocycles. The summed E-state index contributed by atoms with van der Waals surface area (Å²) in [4.78, 5) is 0. The summed E-state index contributed by atoms with van der Waals surface area (Å²) in [6.07, 6.45) is 3.38. The lowest BCUT2D eigenvalue weighted by atomic mass is 9.87. The van der Waals surface area contributed by atoms with Crippen molar-refractivity contribution in [3.63, 3.8) is 0 Å². The van der Waals surface area contributed by atoms with E-state index < -0.39 is 0 Å². The average Bonchev–Trinajstić information content (AvgIpc) is 2.61. The molecule has 1 atom stereocenters. The first-order valence-corrected chi connectivity index (χ1v) is 8.29. The van der Waals surface area contributed by atoms with E-state index in [2.05, 4.69) is 53.8 Å². The Morgan fingerprint density at radius 1 is 1.05 bits per heavy atom. The molecule has 1 N–H and O–H groups in total. The highest BCUT2D eigenvalue weighted by Crippen LogP contribution is 2.29. The molecule has 0 radical (unpaired) electrons. The highest BCUT2D eigenvalue weighted by Gasteiger charge is 2.20. The van der Waals surface area contributed by atoms with Crippen molar-refractivity contribution in [3.8, 4) is 5.75 Å². The minimum absolute atomic E-state index is 0.565. The molecule has 0 aliphatic heterocycles. The van der Waals surface area contributed by atoms with Crippen LogP contribution < -0.4 is 10.1 Å². The van der Waals surface area contributed by atoms with Crippen LogP contribution in [0.25, 0.3) is 0 Å². The third kappa shape index (κ3) is 4.11. The monoisotopic (exact) mass is 297 g/mol. The lowest BCUT2D eigenvalue weighted by Gasteiger charge is -2.27. The first kappa shape index (κ1) is 16.6. The van der Waals surface area contributed by atoms with Gasteiger partial charge in [0, 0.05) is 12.6 Å². The van der Waals surface area contributed by atoms with Crippen molar-refractivity contribution >= 4 is 0 Å². The molecule has 2 nitrogen and oxygen atoms in total. The Morgan fingerprint density at radius 2 is 1.82 bits per heavy atom. The quantitative estimate of drug-likeness (QED) is 0.905. The predicted molar refractivity (Wildman–Crippen MR) is 93.4 cm³/mol. The summed E-state index contributed by atoms with van der Waals surface area (Å²) in [5.74, 6) is 1.05. The largest absolute Gasteiger partial charge is 0.496 e. The molecule has 0 heterocycles.